The summed E-state index contributed by atoms with van der Waals surface area (Å²) in [5.74, 6) is 0.0411. The molecule has 1 atom stereocenters. The Hall–Kier alpha value is -1.06. The highest BCUT2D eigenvalue weighted by atomic mass is 35.5. The van der Waals surface area contributed by atoms with E-state index in [2.05, 4.69) is 10.6 Å². The van der Waals surface area contributed by atoms with Crippen molar-refractivity contribution in [1.82, 2.24) is 10.6 Å². The van der Waals surface area contributed by atoms with Gasteiger partial charge in [-0.25, -0.2) is 0 Å². The van der Waals surface area contributed by atoms with Crippen molar-refractivity contribution >= 4 is 17.5 Å². The Morgan fingerprint density at radius 2 is 2.06 bits per heavy atom. The summed E-state index contributed by atoms with van der Waals surface area (Å²) >= 11 is 5.82. The van der Waals surface area contributed by atoms with E-state index in [0.717, 1.165) is 5.56 Å². The fraction of sp³-hybridized carbons (Fsp3) is 0.462. The molecule has 1 aromatic rings. The number of hydrogen-bond acceptors (Lipinski definition) is 2. The highest BCUT2D eigenvalue weighted by Gasteiger charge is 2.21. The van der Waals surface area contributed by atoms with Gasteiger partial charge in [-0.2, -0.15) is 0 Å². The number of carbonyl (C=O) groups is 1. The topological polar surface area (TPSA) is 41.1 Å². The van der Waals surface area contributed by atoms with E-state index in [-0.39, 0.29) is 11.9 Å². The zero-order valence-electron chi connectivity index (χ0n) is 9.87. The summed E-state index contributed by atoms with van der Waals surface area (Å²) in [5.41, 5.74) is 1.06. The van der Waals surface area contributed by atoms with E-state index < -0.39 is 0 Å². The maximum Gasteiger partial charge on any atom is 0.234 e. The second-order valence-corrected chi connectivity index (χ2v) is 4.93. The zero-order valence-corrected chi connectivity index (χ0v) is 10.6. The van der Waals surface area contributed by atoms with Gasteiger partial charge in [0.2, 0.25) is 5.91 Å². The second kappa shape index (κ2) is 5.52. The number of hydrogen-bond donors (Lipinski definition) is 2. The predicted molar refractivity (Wildman–Crippen MR) is 69.0 cm³/mol. The summed E-state index contributed by atoms with van der Waals surface area (Å²) in [6.45, 7) is 2.38. The number of carbonyl (C=O) groups excluding carboxylic acids is 1. The standard InChI is InChI=1S/C13H17ClN2O/c1-9(10-2-4-11(14)5-3-10)16-13(17)8-15-12-6-7-12/h2-5,9,12,15H,6-8H2,1H3,(H,16,17)/t9-/m1/s1. The average Bonchev–Trinajstić information content (AvgIpc) is 3.11. The van der Waals surface area contributed by atoms with Crippen molar-refractivity contribution in [2.75, 3.05) is 6.54 Å². The van der Waals surface area contributed by atoms with E-state index in [9.17, 15) is 4.79 Å². The summed E-state index contributed by atoms with van der Waals surface area (Å²) in [7, 11) is 0. The van der Waals surface area contributed by atoms with E-state index in [1.807, 2.05) is 31.2 Å². The fourth-order valence-corrected chi connectivity index (χ4v) is 1.78. The van der Waals surface area contributed by atoms with Crippen LogP contribution in [0.2, 0.25) is 5.02 Å². The molecule has 0 saturated heterocycles. The molecule has 0 bridgehead atoms. The van der Waals surface area contributed by atoms with Gasteiger partial charge in [0, 0.05) is 11.1 Å². The number of nitrogens with one attached hydrogen (secondary N) is 2. The molecule has 4 heteroatoms. The van der Waals surface area contributed by atoms with Crippen molar-refractivity contribution in [3.05, 3.63) is 34.9 Å². The molecule has 0 heterocycles. The fourth-order valence-electron chi connectivity index (χ4n) is 1.65. The molecule has 1 aliphatic rings. The third kappa shape index (κ3) is 4.02. The van der Waals surface area contributed by atoms with Crippen LogP contribution in [0.15, 0.2) is 24.3 Å². The third-order valence-electron chi connectivity index (χ3n) is 2.88. The first kappa shape index (κ1) is 12.4. The smallest absolute Gasteiger partial charge is 0.234 e. The van der Waals surface area contributed by atoms with Crippen LogP contribution in [0.5, 0.6) is 0 Å². The van der Waals surface area contributed by atoms with Crippen LogP contribution in [0.4, 0.5) is 0 Å². The number of rotatable bonds is 5. The van der Waals surface area contributed by atoms with Crippen LogP contribution in [-0.4, -0.2) is 18.5 Å². The highest BCUT2D eigenvalue weighted by molar-refractivity contribution is 6.30. The van der Waals surface area contributed by atoms with Crippen molar-refractivity contribution in [1.29, 1.82) is 0 Å². The van der Waals surface area contributed by atoms with E-state index in [4.69, 9.17) is 11.6 Å². The Balaban J connectivity index is 1.80. The van der Waals surface area contributed by atoms with Gasteiger partial charge < -0.3 is 10.6 Å². The molecule has 2 N–H and O–H groups in total. The van der Waals surface area contributed by atoms with Crippen LogP contribution in [-0.2, 0) is 4.79 Å². The van der Waals surface area contributed by atoms with Gasteiger partial charge in [0.15, 0.2) is 0 Å². The number of halogens is 1. The van der Waals surface area contributed by atoms with Crippen molar-refractivity contribution in [3.8, 4) is 0 Å². The Morgan fingerprint density at radius 3 is 2.65 bits per heavy atom. The quantitative estimate of drug-likeness (QED) is 0.844. The molecule has 2 rings (SSSR count). The molecule has 0 radical (unpaired) electrons. The zero-order chi connectivity index (χ0) is 12.3. The van der Waals surface area contributed by atoms with Crippen LogP contribution in [0, 0.1) is 0 Å². The molecule has 1 fully saturated rings. The van der Waals surface area contributed by atoms with Crippen LogP contribution < -0.4 is 10.6 Å². The normalized spacial score (nSPS) is 16.6. The molecule has 1 aliphatic carbocycles. The Bertz CT molecular complexity index is 387. The average molecular weight is 253 g/mol. The van der Waals surface area contributed by atoms with E-state index in [1.54, 1.807) is 0 Å². The van der Waals surface area contributed by atoms with Gasteiger partial charge in [0.1, 0.15) is 0 Å². The molecule has 0 aliphatic heterocycles. The maximum absolute atomic E-state index is 11.6. The molecule has 0 spiro atoms. The van der Waals surface area contributed by atoms with Crippen molar-refractivity contribution < 1.29 is 4.79 Å². The molecule has 1 amide bonds. The lowest BCUT2D eigenvalue weighted by Crippen LogP contribution is -2.36. The van der Waals surface area contributed by atoms with Gasteiger partial charge in [-0.05, 0) is 37.5 Å². The lowest BCUT2D eigenvalue weighted by Gasteiger charge is -2.14. The van der Waals surface area contributed by atoms with Crippen LogP contribution in [0.1, 0.15) is 31.4 Å². The SMILES string of the molecule is C[C@@H](NC(=O)CNC1CC1)c1ccc(Cl)cc1. The minimum absolute atomic E-state index is 0.0146. The van der Waals surface area contributed by atoms with Gasteiger partial charge in [-0.15, -0.1) is 0 Å². The van der Waals surface area contributed by atoms with Gasteiger partial charge in [-0.1, -0.05) is 23.7 Å². The minimum Gasteiger partial charge on any atom is -0.348 e. The number of benzene rings is 1. The van der Waals surface area contributed by atoms with E-state index in [0.29, 0.717) is 17.6 Å². The molecule has 92 valence electrons. The Kier molecular flexibility index (Phi) is 4.02. The molecule has 0 aromatic heterocycles. The summed E-state index contributed by atoms with van der Waals surface area (Å²) in [4.78, 5) is 11.6. The molecular weight excluding hydrogens is 236 g/mol. The van der Waals surface area contributed by atoms with E-state index >= 15 is 0 Å². The second-order valence-electron chi connectivity index (χ2n) is 4.50. The first-order chi connectivity index (χ1) is 8.15. The Morgan fingerprint density at radius 1 is 1.41 bits per heavy atom. The van der Waals surface area contributed by atoms with Crippen molar-refractivity contribution in [3.63, 3.8) is 0 Å². The van der Waals surface area contributed by atoms with Crippen molar-refractivity contribution in [2.24, 2.45) is 0 Å². The monoisotopic (exact) mass is 252 g/mol. The predicted octanol–water partition coefficient (Wildman–Crippen LogP) is 2.27. The number of amides is 1. The molecular formula is C13H17ClN2O. The minimum atomic E-state index is 0.0146. The lowest BCUT2D eigenvalue weighted by atomic mass is 10.1. The Labute approximate surface area is 107 Å². The molecule has 0 unspecified atom stereocenters. The summed E-state index contributed by atoms with van der Waals surface area (Å²) in [6.07, 6.45) is 2.39. The summed E-state index contributed by atoms with van der Waals surface area (Å²) in [6, 6.07) is 8.11. The maximum atomic E-state index is 11.6. The molecule has 1 aromatic carbocycles. The van der Waals surface area contributed by atoms with Gasteiger partial charge in [0.05, 0.1) is 12.6 Å². The largest absolute Gasteiger partial charge is 0.348 e. The lowest BCUT2D eigenvalue weighted by molar-refractivity contribution is -0.120. The van der Waals surface area contributed by atoms with Gasteiger partial charge in [0.25, 0.3) is 0 Å². The first-order valence-corrected chi connectivity index (χ1v) is 6.31. The van der Waals surface area contributed by atoms with Crippen LogP contribution in [0.3, 0.4) is 0 Å². The van der Waals surface area contributed by atoms with Crippen molar-refractivity contribution in [2.45, 2.75) is 31.8 Å². The molecule has 1 saturated carbocycles. The van der Waals surface area contributed by atoms with Gasteiger partial charge >= 0.3 is 0 Å². The van der Waals surface area contributed by atoms with Crippen LogP contribution >= 0.6 is 11.6 Å². The van der Waals surface area contributed by atoms with Gasteiger partial charge in [-0.3, -0.25) is 4.79 Å². The third-order valence-corrected chi connectivity index (χ3v) is 3.13. The highest BCUT2D eigenvalue weighted by Crippen LogP contribution is 2.18. The first-order valence-electron chi connectivity index (χ1n) is 5.93. The summed E-state index contributed by atoms with van der Waals surface area (Å²) in [5, 5.41) is 6.85. The molecule has 3 nitrogen and oxygen atoms in total. The molecule has 17 heavy (non-hydrogen) atoms. The van der Waals surface area contributed by atoms with E-state index in [1.165, 1.54) is 12.8 Å². The van der Waals surface area contributed by atoms with Crippen LogP contribution in [0.25, 0.3) is 0 Å². The summed E-state index contributed by atoms with van der Waals surface area (Å²) < 4.78 is 0.